The minimum absolute atomic E-state index is 0.0952. The Morgan fingerprint density at radius 3 is 2.42 bits per heavy atom. The van der Waals surface area contributed by atoms with E-state index >= 15 is 0 Å². The van der Waals surface area contributed by atoms with E-state index in [2.05, 4.69) is 137 Å². The van der Waals surface area contributed by atoms with Crippen molar-refractivity contribution in [2.75, 3.05) is 0 Å². The van der Waals surface area contributed by atoms with Crippen molar-refractivity contribution in [3.8, 4) is 39.7 Å². The molecule has 0 saturated heterocycles. The summed E-state index contributed by atoms with van der Waals surface area (Å²) >= 11 is 0. The Bertz CT molecular complexity index is 1780. The fraction of sp³-hybridized carbons (Fsp3) is 0.162. The molecule has 2 aliphatic heterocycles. The Labute approximate surface area is 235 Å². The molecule has 2 aliphatic rings. The molecule has 0 amide bonds. The van der Waals surface area contributed by atoms with Gasteiger partial charge in [0.15, 0.2) is 24.5 Å². The molecule has 0 fully saturated rings. The SMILES string of the molecule is C=CC1CC2C(CCc3ccccc3-c3ccc(-c4ccccc4)c[n+]31)c1ccc(C#N)cc1-c1cccc[n+]12. The van der Waals surface area contributed by atoms with Gasteiger partial charge in [-0.15, -0.1) is 0 Å². The molecule has 0 bridgehead atoms. The second-order valence-electron chi connectivity index (χ2n) is 10.9. The number of aromatic nitrogens is 2. The molecule has 0 N–H and O–H groups in total. The van der Waals surface area contributed by atoms with Gasteiger partial charge in [0, 0.05) is 35.2 Å². The Balaban J connectivity index is 1.44. The van der Waals surface area contributed by atoms with Gasteiger partial charge in [-0.1, -0.05) is 61.2 Å². The molecule has 2 aromatic heterocycles. The molecule has 0 aliphatic carbocycles. The average molecular weight is 518 g/mol. The first-order valence-electron chi connectivity index (χ1n) is 14.1. The third kappa shape index (κ3) is 4.05. The quantitative estimate of drug-likeness (QED) is 0.176. The molecule has 3 heteroatoms. The standard InChI is InChI=1S/C37H31N3/c1-2-30-23-37-33(32-18-15-26(24-38)22-34(32)35-14-8-9-21-39(35)37)19-16-28-12-6-7-13-31(28)36-20-17-29(25-40(30)36)27-10-4-3-5-11-27/h2-15,17-18,20-22,25,30,33,37H,1,16,19,23H2/q+2. The monoisotopic (exact) mass is 517 g/mol. The van der Waals surface area contributed by atoms with E-state index < -0.39 is 0 Å². The van der Waals surface area contributed by atoms with Crippen molar-refractivity contribution in [1.82, 2.24) is 0 Å². The van der Waals surface area contributed by atoms with Crippen molar-refractivity contribution >= 4 is 0 Å². The number of rotatable bonds is 2. The molecule has 0 spiro atoms. The van der Waals surface area contributed by atoms with Crippen LogP contribution in [0.25, 0.3) is 33.6 Å². The fourth-order valence-corrected chi connectivity index (χ4v) is 6.86. The van der Waals surface area contributed by atoms with Crippen molar-refractivity contribution in [1.29, 1.82) is 5.26 Å². The normalized spacial score (nSPS) is 19.0. The molecule has 3 nitrogen and oxygen atoms in total. The van der Waals surface area contributed by atoms with E-state index in [1.807, 2.05) is 6.07 Å². The summed E-state index contributed by atoms with van der Waals surface area (Å²) < 4.78 is 4.91. The van der Waals surface area contributed by atoms with Crippen molar-refractivity contribution < 1.29 is 9.13 Å². The van der Waals surface area contributed by atoms with Gasteiger partial charge in [0.05, 0.1) is 23.6 Å². The lowest BCUT2D eigenvalue weighted by atomic mass is 9.76. The molecule has 192 valence electrons. The number of benzene rings is 3. The van der Waals surface area contributed by atoms with Crippen molar-refractivity contribution in [2.24, 2.45) is 0 Å². The predicted octanol–water partition coefficient (Wildman–Crippen LogP) is 7.54. The molecular formula is C37H31N3+2. The van der Waals surface area contributed by atoms with Gasteiger partial charge >= 0.3 is 0 Å². The van der Waals surface area contributed by atoms with Crippen molar-refractivity contribution in [3.63, 3.8) is 0 Å². The van der Waals surface area contributed by atoms with Gasteiger partial charge in [-0.3, -0.25) is 0 Å². The molecule has 5 aromatic rings. The van der Waals surface area contributed by atoms with Crippen LogP contribution >= 0.6 is 0 Å². The van der Waals surface area contributed by atoms with Crippen LogP contribution in [0.4, 0.5) is 0 Å². The van der Waals surface area contributed by atoms with Crippen molar-refractivity contribution in [2.45, 2.75) is 37.3 Å². The maximum atomic E-state index is 9.67. The Morgan fingerprint density at radius 2 is 1.57 bits per heavy atom. The highest BCUT2D eigenvalue weighted by Crippen LogP contribution is 2.44. The first-order chi connectivity index (χ1) is 19.7. The predicted molar refractivity (Wildman–Crippen MR) is 158 cm³/mol. The molecule has 3 atom stereocenters. The summed E-state index contributed by atoms with van der Waals surface area (Å²) in [7, 11) is 0. The highest BCUT2D eigenvalue weighted by atomic mass is 15.1. The Morgan fingerprint density at radius 1 is 0.775 bits per heavy atom. The third-order valence-electron chi connectivity index (χ3n) is 8.78. The first-order valence-corrected chi connectivity index (χ1v) is 14.1. The topological polar surface area (TPSA) is 31.5 Å². The summed E-state index contributed by atoms with van der Waals surface area (Å²) in [6.07, 6.45) is 9.61. The van der Waals surface area contributed by atoms with Gasteiger partial charge < -0.3 is 0 Å². The third-order valence-corrected chi connectivity index (χ3v) is 8.78. The van der Waals surface area contributed by atoms with Gasteiger partial charge in [-0.25, -0.2) is 0 Å². The van der Waals surface area contributed by atoms with Crippen LogP contribution in [0.1, 0.15) is 47.5 Å². The first kappa shape index (κ1) is 24.2. The number of nitriles is 1. The number of nitrogens with zero attached hydrogens (tertiary/aromatic N) is 3. The van der Waals surface area contributed by atoms with Crippen LogP contribution in [-0.4, -0.2) is 0 Å². The number of allylic oxidation sites excluding steroid dienone is 1. The second kappa shape index (κ2) is 10.1. The zero-order valence-electron chi connectivity index (χ0n) is 22.4. The van der Waals surface area contributed by atoms with Crippen LogP contribution < -0.4 is 9.13 Å². The molecule has 4 heterocycles. The highest BCUT2D eigenvalue weighted by Gasteiger charge is 2.43. The van der Waals surface area contributed by atoms with E-state index in [0.29, 0.717) is 11.5 Å². The number of hydrogen-bond acceptors (Lipinski definition) is 1. The summed E-state index contributed by atoms with van der Waals surface area (Å²) in [5, 5.41) is 9.67. The molecule has 3 aromatic carbocycles. The van der Waals surface area contributed by atoms with Gasteiger partial charge in [-0.2, -0.15) is 14.4 Å². The van der Waals surface area contributed by atoms with Crippen LogP contribution in [0.3, 0.4) is 0 Å². The van der Waals surface area contributed by atoms with Gasteiger partial charge in [-0.05, 0) is 65.9 Å². The second-order valence-corrected chi connectivity index (χ2v) is 10.9. The van der Waals surface area contributed by atoms with Crippen LogP contribution in [0.5, 0.6) is 0 Å². The number of aryl methyl sites for hydroxylation is 1. The zero-order chi connectivity index (χ0) is 27.1. The van der Waals surface area contributed by atoms with Gasteiger partial charge in [0.25, 0.3) is 0 Å². The minimum Gasteiger partial charge on any atom is -0.195 e. The van der Waals surface area contributed by atoms with Crippen LogP contribution in [0.15, 0.2) is 128 Å². The Hall–Kier alpha value is -4.81. The molecule has 40 heavy (non-hydrogen) atoms. The van der Waals surface area contributed by atoms with E-state index in [-0.39, 0.29) is 12.1 Å². The maximum absolute atomic E-state index is 9.67. The smallest absolute Gasteiger partial charge is 0.195 e. The summed E-state index contributed by atoms with van der Waals surface area (Å²) in [6.45, 7) is 4.36. The van der Waals surface area contributed by atoms with Gasteiger partial charge in [0.1, 0.15) is 0 Å². The molecular weight excluding hydrogens is 486 g/mol. The van der Waals surface area contributed by atoms with Crippen LogP contribution in [-0.2, 0) is 6.42 Å². The van der Waals surface area contributed by atoms with E-state index in [1.165, 1.54) is 44.8 Å². The molecule has 0 saturated carbocycles. The Kier molecular flexibility index (Phi) is 6.10. The maximum Gasteiger partial charge on any atom is 0.213 e. The lowest BCUT2D eigenvalue weighted by Gasteiger charge is -2.32. The van der Waals surface area contributed by atoms with E-state index in [4.69, 9.17) is 0 Å². The largest absolute Gasteiger partial charge is 0.213 e. The average Bonchev–Trinajstić information content (AvgIpc) is 3.03. The summed E-state index contributed by atoms with van der Waals surface area (Å²) in [5.74, 6) is 0.317. The fourth-order valence-electron chi connectivity index (χ4n) is 6.86. The zero-order valence-corrected chi connectivity index (χ0v) is 22.4. The van der Waals surface area contributed by atoms with Gasteiger partial charge in [0.2, 0.25) is 11.4 Å². The summed E-state index contributed by atoms with van der Waals surface area (Å²) in [4.78, 5) is 0. The van der Waals surface area contributed by atoms with Crippen LogP contribution in [0.2, 0.25) is 0 Å². The lowest BCUT2D eigenvalue weighted by molar-refractivity contribution is -0.744. The van der Waals surface area contributed by atoms with E-state index in [0.717, 1.165) is 19.3 Å². The van der Waals surface area contributed by atoms with Crippen molar-refractivity contribution in [3.05, 3.63) is 145 Å². The summed E-state index contributed by atoms with van der Waals surface area (Å²) in [6, 6.07) is 39.4. The molecule has 3 unspecified atom stereocenters. The molecule has 7 rings (SSSR count). The van der Waals surface area contributed by atoms with E-state index in [9.17, 15) is 5.26 Å². The van der Waals surface area contributed by atoms with Crippen LogP contribution in [0, 0.1) is 11.3 Å². The lowest BCUT2D eigenvalue weighted by Crippen LogP contribution is -2.51. The number of fused-ring (bicyclic) bond motifs is 9. The number of pyridine rings is 2. The highest BCUT2D eigenvalue weighted by molar-refractivity contribution is 5.68. The number of hydrogen-bond donors (Lipinski definition) is 0. The van der Waals surface area contributed by atoms with E-state index in [1.54, 1.807) is 0 Å². The molecule has 0 radical (unpaired) electrons. The summed E-state index contributed by atoms with van der Waals surface area (Å²) in [5.41, 5.74) is 10.7. The minimum atomic E-state index is 0.0952.